The maximum atomic E-state index is 11.9. The van der Waals surface area contributed by atoms with E-state index in [1.54, 1.807) is 55.6 Å². The van der Waals surface area contributed by atoms with Crippen LogP contribution in [0.15, 0.2) is 53.8 Å². The fourth-order valence-electron chi connectivity index (χ4n) is 1.75. The average Bonchev–Trinajstić information content (AvgIpc) is 2.54. The molecule has 0 bridgehead atoms. The van der Waals surface area contributed by atoms with Crippen molar-refractivity contribution in [3.63, 3.8) is 0 Å². The lowest BCUT2D eigenvalue weighted by molar-refractivity contribution is -0.115. The molecule has 23 heavy (non-hydrogen) atoms. The average molecular weight is 331 g/mol. The van der Waals surface area contributed by atoms with Crippen molar-refractivity contribution in [2.24, 2.45) is 5.10 Å². The fraction of sp³-hybridized carbons (Fsp3) is 0.125. The number of carbonyl (C=O) groups is 2. The SMILES string of the molecule is C/C(CC(=O)Nc1ccccn1)=N\NC(=O)c1ccccc1Cl. The molecule has 1 aromatic heterocycles. The number of hydrogen-bond acceptors (Lipinski definition) is 4. The van der Waals surface area contributed by atoms with Gasteiger partial charge < -0.3 is 5.32 Å². The monoisotopic (exact) mass is 330 g/mol. The first-order valence-electron chi connectivity index (χ1n) is 6.85. The lowest BCUT2D eigenvalue weighted by Crippen LogP contribution is -2.21. The molecule has 0 unspecified atom stereocenters. The molecule has 0 aliphatic rings. The summed E-state index contributed by atoms with van der Waals surface area (Å²) in [5, 5.41) is 6.88. The first-order valence-corrected chi connectivity index (χ1v) is 7.23. The summed E-state index contributed by atoms with van der Waals surface area (Å²) in [6.45, 7) is 1.64. The molecule has 0 aliphatic heterocycles. The Morgan fingerprint density at radius 3 is 2.61 bits per heavy atom. The summed E-state index contributed by atoms with van der Waals surface area (Å²) >= 11 is 5.93. The van der Waals surface area contributed by atoms with Gasteiger partial charge >= 0.3 is 0 Å². The van der Waals surface area contributed by atoms with E-state index in [9.17, 15) is 9.59 Å². The van der Waals surface area contributed by atoms with E-state index in [-0.39, 0.29) is 12.3 Å². The molecule has 0 atom stereocenters. The minimum atomic E-state index is -0.430. The van der Waals surface area contributed by atoms with E-state index in [0.29, 0.717) is 22.1 Å². The minimum absolute atomic E-state index is 0.0410. The van der Waals surface area contributed by atoms with Gasteiger partial charge in [0.05, 0.1) is 17.0 Å². The number of hydrazone groups is 1. The highest BCUT2D eigenvalue weighted by Crippen LogP contribution is 2.14. The number of halogens is 1. The highest BCUT2D eigenvalue weighted by atomic mass is 35.5. The van der Waals surface area contributed by atoms with Crippen molar-refractivity contribution < 1.29 is 9.59 Å². The summed E-state index contributed by atoms with van der Waals surface area (Å²) in [5.74, 6) is -0.234. The van der Waals surface area contributed by atoms with Gasteiger partial charge in [-0.05, 0) is 31.2 Å². The van der Waals surface area contributed by atoms with Crippen LogP contribution in [0.3, 0.4) is 0 Å². The number of anilines is 1. The molecule has 2 rings (SSSR count). The summed E-state index contributed by atoms with van der Waals surface area (Å²) in [4.78, 5) is 27.8. The van der Waals surface area contributed by atoms with Crippen LogP contribution in [0.1, 0.15) is 23.7 Å². The molecule has 1 heterocycles. The normalized spacial score (nSPS) is 11.0. The number of aromatic nitrogens is 1. The third-order valence-electron chi connectivity index (χ3n) is 2.82. The number of amides is 2. The molecule has 0 radical (unpaired) electrons. The van der Waals surface area contributed by atoms with E-state index in [1.807, 2.05) is 0 Å². The predicted molar refractivity (Wildman–Crippen MR) is 89.5 cm³/mol. The van der Waals surface area contributed by atoms with E-state index < -0.39 is 5.91 Å². The number of rotatable bonds is 5. The molecule has 0 saturated carbocycles. The molecular formula is C16H15ClN4O2. The van der Waals surface area contributed by atoms with Crippen LogP contribution in [0.4, 0.5) is 5.82 Å². The van der Waals surface area contributed by atoms with E-state index in [1.165, 1.54) is 0 Å². The summed E-state index contributed by atoms with van der Waals surface area (Å²) in [5.41, 5.74) is 3.16. The Kier molecular flexibility index (Phi) is 5.82. The molecule has 2 amide bonds. The van der Waals surface area contributed by atoms with Gasteiger partial charge in [-0.15, -0.1) is 0 Å². The third kappa shape index (κ3) is 5.19. The Bertz CT molecular complexity index is 732. The topological polar surface area (TPSA) is 83.4 Å². The van der Waals surface area contributed by atoms with E-state index in [2.05, 4.69) is 20.8 Å². The van der Waals surface area contributed by atoms with Crippen LogP contribution in [-0.2, 0) is 4.79 Å². The summed E-state index contributed by atoms with van der Waals surface area (Å²) in [7, 11) is 0. The number of benzene rings is 1. The van der Waals surface area contributed by atoms with Crippen molar-refractivity contribution in [3.8, 4) is 0 Å². The zero-order chi connectivity index (χ0) is 16.7. The maximum absolute atomic E-state index is 11.9. The van der Waals surface area contributed by atoms with Crippen molar-refractivity contribution in [1.29, 1.82) is 0 Å². The number of nitrogens with one attached hydrogen (secondary N) is 2. The number of nitrogens with zero attached hydrogens (tertiary/aromatic N) is 2. The lowest BCUT2D eigenvalue weighted by atomic mass is 10.2. The molecule has 0 saturated heterocycles. The largest absolute Gasteiger partial charge is 0.310 e. The van der Waals surface area contributed by atoms with Crippen molar-refractivity contribution in [1.82, 2.24) is 10.4 Å². The van der Waals surface area contributed by atoms with Crippen LogP contribution in [-0.4, -0.2) is 22.5 Å². The Balaban J connectivity index is 1.89. The Labute approximate surface area is 138 Å². The molecule has 0 aliphatic carbocycles. The Hall–Kier alpha value is -2.73. The van der Waals surface area contributed by atoms with Gasteiger partial charge in [-0.3, -0.25) is 9.59 Å². The Morgan fingerprint density at radius 1 is 1.17 bits per heavy atom. The minimum Gasteiger partial charge on any atom is -0.310 e. The highest BCUT2D eigenvalue weighted by molar-refractivity contribution is 6.33. The summed E-state index contributed by atoms with van der Waals surface area (Å²) in [6.07, 6.45) is 1.62. The number of pyridine rings is 1. The van der Waals surface area contributed by atoms with Crippen LogP contribution in [0.2, 0.25) is 5.02 Å². The Morgan fingerprint density at radius 2 is 1.91 bits per heavy atom. The second-order valence-electron chi connectivity index (χ2n) is 4.71. The molecule has 6 nitrogen and oxygen atoms in total. The number of hydrogen-bond donors (Lipinski definition) is 2. The van der Waals surface area contributed by atoms with Crippen LogP contribution < -0.4 is 10.7 Å². The summed E-state index contributed by atoms with van der Waals surface area (Å²) in [6, 6.07) is 11.9. The van der Waals surface area contributed by atoms with Crippen molar-refractivity contribution >= 4 is 34.9 Å². The first kappa shape index (κ1) is 16.6. The van der Waals surface area contributed by atoms with Crippen LogP contribution in [0, 0.1) is 0 Å². The second kappa shape index (κ2) is 8.05. The zero-order valence-corrected chi connectivity index (χ0v) is 13.2. The third-order valence-corrected chi connectivity index (χ3v) is 3.15. The van der Waals surface area contributed by atoms with Gasteiger partial charge in [-0.25, -0.2) is 10.4 Å². The van der Waals surface area contributed by atoms with Gasteiger partial charge in [0.1, 0.15) is 5.82 Å². The molecule has 118 valence electrons. The van der Waals surface area contributed by atoms with Gasteiger partial charge in [0.15, 0.2) is 0 Å². The molecule has 2 aromatic rings. The van der Waals surface area contributed by atoms with E-state index in [0.717, 1.165) is 0 Å². The maximum Gasteiger partial charge on any atom is 0.272 e. The van der Waals surface area contributed by atoms with Gasteiger partial charge in [0.2, 0.25) is 5.91 Å². The first-order chi connectivity index (χ1) is 11.1. The molecule has 0 fully saturated rings. The van der Waals surface area contributed by atoms with Crippen LogP contribution >= 0.6 is 11.6 Å². The molecule has 7 heteroatoms. The van der Waals surface area contributed by atoms with Crippen molar-refractivity contribution in [2.75, 3.05) is 5.32 Å². The highest BCUT2D eigenvalue weighted by Gasteiger charge is 2.09. The summed E-state index contributed by atoms with van der Waals surface area (Å²) < 4.78 is 0. The molecular weight excluding hydrogens is 316 g/mol. The smallest absolute Gasteiger partial charge is 0.272 e. The molecule has 1 aromatic carbocycles. The molecule has 0 spiro atoms. The second-order valence-corrected chi connectivity index (χ2v) is 5.11. The lowest BCUT2D eigenvalue weighted by Gasteiger charge is -2.05. The van der Waals surface area contributed by atoms with E-state index >= 15 is 0 Å². The fourth-order valence-corrected chi connectivity index (χ4v) is 1.97. The van der Waals surface area contributed by atoms with Gasteiger partial charge in [0, 0.05) is 11.9 Å². The predicted octanol–water partition coefficient (Wildman–Crippen LogP) is 2.87. The number of carbonyl (C=O) groups excluding carboxylic acids is 2. The quantitative estimate of drug-likeness (QED) is 0.653. The van der Waals surface area contributed by atoms with Gasteiger partial charge in [-0.1, -0.05) is 29.8 Å². The molecule has 2 N–H and O–H groups in total. The van der Waals surface area contributed by atoms with Crippen molar-refractivity contribution in [2.45, 2.75) is 13.3 Å². The van der Waals surface area contributed by atoms with Crippen LogP contribution in [0.25, 0.3) is 0 Å². The van der Waals surface area contributed by atoms with Gasteiger partial charge in [-0.2, -0.15) is 5.10 Å². The standard InChI is InChI=1S/C16H15ClN4O2/c1-11(10-15(22)19-14-8-4-5-9-18-14)20-21-16(23)12-6-2-3-7-13(12)17/h2-9H,10H2,1H3,(H,21,23)(H,18,19,22)/b20-11+. The van der Waals surface area contributed by atoms with Crippen molar-refractivity contribution in [3.05, 3.63) is 59.2 Å². The van der Waals surface area contributed by atoms with Crippen LogP contribution in [0.5, 0.6) is 0 Å². The van der Waals surface area contributed by atoms with E-state index in [4.69, 9.17) is 11.6 Å². The van der Waals surface area contributed by atoms with Gasteiger partial charge in [0.25, 0.3) is 5.91 Å². The zero-order valence-electron chi connectivity index (χ0n) is 12.4.